The van der Waals surface area contributed by atoms with Gasteiger partial charge in [-0.15, -0.1) is 0 Å². The molecule has 2 unspecified atom stereocenters. The zero-order valence-electron chi connectivity index (χ0n) is 16.2. The van der Waals surface area contributed by atoms with Crippen LogP contribution in [0.3, 0.4) is 0 Å². The van der Waals surface area contributed by atoms with E-state index in [2.05, 4.69) is 4.72 Å². The van der Waals surface area contributed by atoms with Gasteiger partial charge in [0.05, 0.1) is 12.0 Å². The molecular formula is C20H25NO6S. The molecule has 2 atom stereocenters. The Kier molecular flexibility index (Phi) is 6.48. The molecule has 0 spiro atoms. The number of carbonyl (C=O) groups is 1. The first-order chi connectivity index (χ1) is 13.0. The lowest BCUT2D eigenvalue weighted by atomic mass is 9.87. The summed E-state index contributed by atoms with van der Waals surface area (Å²) >= 11 is 0. The molecule has 0 fully saturated rings. The van der Waals surface area contributed by atoms with Gasteiger partial charge in [-0.05, 0) is 40.8 Å². The summed E-state index contributed by atoms with van der Waals surface area (Å²) in [5, 5.41) is 19.9. The summed E-state index contributed by atoms with van der Waals surface area (Å²) in [6.45, 7) is 6.00. The lowest BCUT2D eigenvalue weighted by Gasteiger charge is -2.22. The molecule has 8 heteroatoms. The van der Waals surface area contributed by atoms with Crippen LogP contribution in [0, 0.1) is 0 Å². The molecule has 0 saturated heterocycles. The Labute approximate surface area is 165 Å². The second-order valence-corrected chi connectivity index (χ2v) is 9.14. The van der Waals surface area contributed by atoms with E-state index in [1.165, 1.54) is 31.4 Å². The fraction of sp³-hybridized carbons (Fsp3) is 0.350. The van der Waals surface area contributed by atoms with Crippen LogP contribution in [0.15, 0.2) is 53.4 Å². The first kappa shape index (κ1) is 21.9. The van der Waals surface area contributed by atoms with Crippen LogP contribution in [0.2, 0.25) is 0 Å². The quantitative estimate of drug-likeness (QED) is 0.650. The number of aliphatic hydroxyl groups excluding tert-OH is 1. The molecule has 2 aromatic rings. The van der Waals surface area contributed by atoms with Gasteiger partial charge in [0.25, 0.3) is 0 Å². The first-order valence-electron chi connectivity index (χ1n) is 8.63. The lowest BCUT2D eigenvalue weighted by Crippen LogP contribution is -2.44. The Hall–Kier alpha value is -2.42. The van der Waals surface area contributed by atoms with Crippen molar-refractivity contribution in [2.24, 2.45) is 0 Å². The van der Waals surface area contributed by atoms with Gasteiger partial charge in [0.15, 0.2) is 0 Å². The van der Waals surface area contributed by atoms with Crippen LogP contribution in [0.4, 0.5) is 0 Å². The number of benzene rings is 2. The predicted octanol–water partition coefficient (Wildman–Crippen LogP) is 2.46. The van der Waals surface area contributed by atoms with Gasteiger partial charge in [0.2, 0.25) is 10.0 Å². The highest BCUT2D eigenvalue weighted by atomic mass is 32.2. The number of methoxy groups -OCH3 is 1. The molecule has 0 bridgehead atoms. The zero-order chi connectivity index (χ0) is 21.1. The topological polar surface area (TPSA) is 113 Å². The van der Waals surface area contributed by atoms with E-state index in [0.717, 1.165) is 5.56 Å². The predicted molar refractivity (Wildman–Crippen MR) is 105 cm³/mol. The van der Waals surface area contributed by atoms with Crippen LogP contribution in [0.25, 0.3) is 0 Å². The maximum atomic E-state index is 12.6. The third-order valence-electron chi connectivity index (χ3n) is 4.35. The largest absolute Gasteiger partial charge is 0.497 e. The molecule has 0 radical (unpaired) electrons. The van der Waals surface area contributed by atoms with E-state index in [1.54, 1.807) is 24.3 Å². The van der Waals surface area contributed by atoms with E-state index in [9.17, 15) is 23.4 Å². The van der Waals surface area contributed by atoms with Gasteiger partial charge in [0, 0.05) is 0 Å². The van der Waals surface area contributed by atoms with E-state index in [0.29, 0.717) is 5.75 Å². The smallest absolute Gasteiger partial charge is 0.324 e. The van der Waals surface area contributed by atoms with E-state index in [1.807, 2.05) is 20.8 Å². The molecule has 0 aromatic heterocycles. The molecule has 7 nitrogen and oxygen atoms in total. The molecule has 0 aliphatic carbocycles. The summed E-state index contributed by atoms with van der Waals surface area (Å²) < 4.78 is 32.4. The minimum absolute atomic E-state index is 0.0753. The van der Waals surface area contributed by atoms with Gasteiger partial charge in [0.1, 0.15) is 17.9 Å². The summed E-state index contributed by atoms with van der Waals surface area (Å²) in [5.74, 6) is -0.958. The van der Waals surface area contributed by atoms with Gasteiger partial charge in [-0.2, -0.15) is 4.72 Å². The SMILES string of the molecule is COc1ccc(C(O)C(NS(=O)(=O)c2ccc(C(C)(C)C)cc2)C(=O)O)cc1. The van der Waals surface area contributed by atoms with Crippen molar-refractivity contribution in [2.75, 3.05) is 7.11 Å². The summed E-state index contributed by atoms with van der Waals surface area (Å²) in [4.78, 5) is 11.5. The first-order valence-corrected chi connectivity index (χ1v) is 10.1. The standard InChI is InChI=1S/C20H25NO6S/c1-20(2,3)14-7-11-16(12-8-14)28(25,26)21-17(19(23)24)18(22)13-5-9-15(27-4)10-6-13/h5-12,17-18,21-22H,1-4H3,(H,23,24). The molecule has 2 aromatic carbocycles. The average Bonchev–Trinajstić information content (AvgIpc) is 2.65. The number of ether oxygens (including phenoxy) is 1. The van der Waals surface area contributed by atoms with Crippen molar-refractivity contribution in [1.29, 1.82) is 0 Å². The van der Waals surface area contributed by atoms with Crippen LogP contribution < -0.4 is 9.46 Å². The van der Waals surface area contributed by atoms with Crippen molar-refractivity contribution < 1.29 is 28.2 Å². The molecular weight excluding hydrogens is 382 g/mol. The van der Waals surface area contributed by atoms with Gasteiger partial charge < -0.3 is 14.9 Å². The maximum absolute atomic E-state index is 12.6. The molecule has 152 valence electrons. The molecule has 0 amide bonds. The molecule has 2 rings (SSSR count). The molecule has 28 heavy (non-hydrogen) atoms. The highest BCUT2D eigenvalue weighted by molar-refractivity contribution is 7.89. The van der Waals surface area contributed by atoms with Crippen LogP contribution >= 0.6 is 0 Å². The second kappa shape index (κ2) is 8.30. The number of carboxylic acids is 1. The van der Waals surface area contributed by atoms with E-state index in [-0.39, 0.29) is 15.9 Å². The number of nitrogens with one attached hydrogen (secondary N) is 1. The average molecular weight is 407 g/mol. The summed E-state index contributed by atoms with van der Waals surface area (Å²) in [6.07, 6.45) is -1.58. The zero-order valence-corrected chi connectivity index (χ0v) is 17.0. The van der Waals surface area contributed by atoms with Gasteiger partial charge in [-0.1, -0.05) is 45.0 Å². The van der Waals surface area contributed by atoms with E-state index >= 15 is 0 Å². The van der Waals surface area contributed by atoms with E-state index in [4.69, 9.17) is 4.74 Å². The lowest BCUT2D eigenvalue weighted by molar-refractivity contribution is -0.141. The number of hydrogen-bond acceptors (Lipinski definition) is 5. The minimum atomic E-state index is -4.15. The van der Waals surface area contributed by atoms with Crippen LogP contribution in [0.5, 0.6) is 5.75 Å². The highest BCUT2D eigenvalue weighted by Gasteiger charge is 2.33. The minimum Gasteiger partial charge on any atom is -0.497 e. The van der Waals surface area contributed by atoms with Crippen molar-refractivity contribution >= 4 is 16.0 Å². The Morgan fingerprint density at radius 3 is 2.00 bits per heavy atom. The Bertz CT molecular complexity index is 915. The van der Waals surface area contributed by atoms with Crippen LogP contribution in [-0.2, 0) is 20.2 Å². The second-order valence-electron chi connectivity index (χ2n) is 7.43. The van der Waals surface area contributed by atoms with E-state index < -0.39 is 28.1 Å². The number of aliphatic hydroxyl groups is 1. The third-order valence-corrected chi connectivity index (χ3v) is 5.81. The van der Waals surface area contributed by atoms with Crippen LogP contribution in [-0.4, -0.2) is 37.8 Å². The number of sulfonamides is 1. The summed E-state index contributed by atoms with van der Waals surface area (Å²) in [6, 6.07) is 10.5. The highest BCUT2D eigenvalue weighted by Crippen LogP contribution is 2.25. The van der Waals surface area contributed by atoms with Crippen molar-refractivity contribution in [1.82, 2.24) is 4.72 Å². The Morgan fingerprint density at radius 1 is 1.04 bits per heavy atom. The monoisotopic (exact) mass is 407 g/mol. The molecule has 0 saturated carbocycles. The van der Waals surface area contributed by atoms with Gasteiger partial charge >= 0.3 is 5.97 Å². The van der Waals surface area contributed by atoms with Crippen molar-refractivity contribution in [3.05, 3.63) is 59.7 Å². The Morgan fingerprint density at radius 2 is 1.57 bits per heavy atom. The molecule has 0 heterocycles. The van der Waals surface area contributed by atoms with Crippen molar-refractivity contribution in [3.8, 4) is 5.75 Å². The third kappa shape index (κ3) is 5.09. The molecule has 3 N–H and O–H groups in total. The fourth-order valence-corrected chi connectivity index (χ4v) is 3.81. The molecule has 0 aliphatic rings. The van der Waals surface area contributed by atoms with Crippen molar-refractivity contribution in [2.45, 2.75) is 43.2 Å². The summed E-state index contributed by atoms with van der Waals surface area (Å²) in [7, 11) is -2.67. The number of rotatable bonds is 7. The van der Waals surface area contributed by atoms with Crippen LogP contribution in [0.1, 0.15) is 38.0 Å². The van der Waals surface area contributed by atoms with Gasteiger partial charge in [-0.3, -0.25) is 4.79 Å². The normalized spacial score (nSPS) is 14.3. The Balaban J connectivity index is 2.27. The number of carboxylic acid groups (broad SMARTS) is 1. The number of hydrogen-bond donors (Lipinski definition) is 3. The molecule has 0 aliphatic heterocycles. The fourth-order valence-electron chi connectivity index (χ4n) is 2.61. The van der Waals surface area contributed by atoms with Gasteiger partial charge in [-0.25, -0.2) is 8.42 Å². The van der Waals surface area contributed by atoms with Crippen molar-refractivity contribution in [3.63, 3.8) is 0 Å². The number of aliphatic carboxylic acids is 1. The maximum Gasteiger partial charge on any atom is 0.324 e. The summed E-state index contributed by atoms with van der Waals surface area (Å²) in [5.41, 5.74) is 1.04.